The zero-order chi connectivity index (χ0) is 18.8. The third-order valence-corrected chi connectivity index (χ3v) is 6.03. The molecule has 1 aliphatic heterocycles. The number of thiophene rings is 1. The first-order chi connectivity index (χ1) is 13.2. The monoisotopic (exact) mass is 373 g/mol. The Hall–Kier alpha value is -2.94. The van der Waals surface area contributed by atoms with Gasteiger partial charge in [-0.3, -0.25) is 9.69 Å². The van der Waals surface area contributed by atoms with Crippen LogP contribution in [0.25, 0.3) is 10.8 Å². The third kappa shape index (κ3) is 3.25. The molecular weight excluding hydrogens is 354 g/mol. The number of nitrogens with one attached hydrogen (secondary N) is 1. The van der Waals surface area contributed by atoms with Crippen LogP contribution in [0, 0.1) is 11.3 Å². The molecule has 0 spiro atoms. The molecule has 0 radical (unpaired) electrons. The normalized spacial score (nSPS) is 13.7. The third-order valence-electron chi connectivity index (χ3n) is 4.90. The predicted octanol–water partition coefficient (Wildman–Crippen LogP) is 4.57. The van der Waals surface area contributed by atoms with Crippen molar-refractivity contribution in [1.29, 1.82) is 5.26 Å². The lowest BCUT2D eigenvalue weighted by molar-refractivity contribution is 0.102. The van der Waals surface area contributed by atoms with Gasteiger partial charge in [0, 0.05) is 30.1 Å². The van der Waals surface area contributed by atoms with Crippen LogP contribution in [-0.2, 0) is 13.0 Å². The molecule has 2 heterocycles. The first-order valence-corrected chi connectivity index (χ1v) is 9.70. The number of hydrogen-bond donors (Lipinski definition) is 1. The van der Waals surface area contributed by atoms with Crippen LogP contribution in [0.3, 0.4) is 0 Å². The van der Waals surface area contributed by atoms with Gasteiger partial charge in [0.1, 0.15) is 11.1 Å². The molecule has 0 saturated heterocycles. The Kier molecular flexibility index (Phi) is 4.76. The van der Waals surface area contributed by atoms with Crippen LogP contribution in [-0.4, -0.2) is 23.9 Å². The number of anilines is 1. The van der Waals surface area contributed by atoms with E-state index in [2.05, 4.69) is 22.9 Å². The van der Waals surface area contributed by atoms with E-state index in [1.807, 2.05) is 48.5 Å². The number of benzene rings is 2. The molecule has 27 heavy (non-hydrogen) atoms. The van der Waals surface area contributed by atoms with E-state index in [0.717, 1.165) is 47.3 Å². The second-order valence-corrected chi connectivity index (χ2v) is 7.68. The smallest absolute Gasteiger partial charge is 0.256 e. The van der Waals surface area contributed by atoms with Crippen molar-refractivity contribution in [2.45, 2.75) is 13.0 Å². The maximum atomic E-state index is 12.9. The summed E-state index contributed by atoms with van der Waals surface area (Å²) in [5, 5.41) is 15.2. The second kappa shape index (κ2) is 7.36. The van der Waals surface area contributed by atoms with E-state index >= 15 is 0 Å². The number of nitrogens with zero attached hydrogens (tertiary/aromatic N) is 2. The minimum absolute atomic E-state index is 0.176. The Labute approximate surface area is 162 Å². The molecule has 3 aromatic rings. The summed E-state index contributed by atoms with van der Waals surface area (Å²) in [7, 11) is 0. The number of nitriles is 1. The summed E-state index contributed by atoms with van der Waals surface area (Å²) >= 11 is 1.51. The topological polar surface area (TPSA) is 56.1 Å². The van der Waals surface area contributed by atoms with Gasteiger partial charge in [-0.1, -0.05) is 42.5 Å². The highest BCUT2D eigenvalue weighted by Gasteiger charge is 2.25. The van der Waals surface area contributed by atoms with Gasteiger partial charge in [-0.2, -0.15) is 5.26 Å². The predicted molar refractivity (Wildman–Crippen MR) is 110 cm³/mol. The summed E-state index contributed by atoms with van der Waals surface area (Å²) in [4.78, 5) is 16.4. The highest BCUT2D eigenvalue weighted by Crippen LogP contribution is 2.37. The van der Waals surface area contributed by atoms with Crippen LogP contribution < -0.4 is 5.32 Å². The average molecular weight is 373 g/mol. The summed E-state index contributed by atoms with van der Waals surface area (Å²) < 4.78 is 0. The van der Waals surface area contributed by atoms with Crippen LogP contribution in [0.1, 0.15) is 26.4 Å². The van der Waals surface area contributed by atoms with Gasteiger partial charge in [0.05, 0.1) is 5.56 Å². The summed E-state index contributed by atoms with van der Waals surface area (Å²) in [6.07, 6.45) is 2.72. The Balaban J connectivity index is 1.66. The van der Waals surface area contributed by atoms with Gasteiger partial charge >= 0.3 is 0 Å². The first kappa shape index (κ1) is 17.5. The number of amides is 1. The maximum Gasteiger partial charge on any atom is 0.256 e. The Bertz CT molecular complexity index is 1070. The second-order valence-electron chi connectivity index (χ2n) is 6.57. The van der Waals surface area contributed by atoms with Gasteiger partial charge < -0.3 is 5.32 Å². The molecule has 0 saturated carbocycles. The van der Waals surface area contributed by atoms with E-state index < -0.39 is 0 Å². The zero-order valence-corrected chi connectivity index (χ0v) is 15.7. The van der Waals surface area contributed by atoms with E-state index in [1.54, 1.807) is 0 Å². The summed E-state index contributed by atoms with van der Waals surface area (Å²) in [5.41, 5.74) is 2.31. The van der Waals surface area contributed by atoms with Crippen LogP contribution in [0.2, 0.25) is 0 Å². The van der Waals surface area contributed by atoms with E-state index in [-0.39, 0.29) is 5.91 Å². The van der Waals surface area contributed by atoms with Crippen LogP contribution >= 0.6 is 11.3 Å². The molecule has 2 aromatic carbocycles. The fourth-order valence-corrected chi connectivity index (χ4v) is 4.83. The van der Waals surface area contributed by atoms with Crippen molar-refractivity contribution >= 4 is 33.0 Å². The summed E-state index contributed by atoms with van der Waals surface area (Å²) in [6, 6.07) is 15.8. The molecule has 1 amide bonds. The van der Waals surface area contributed by atoms with E-state index in [9.17, 15) is 10.1 Å². The number of rotatable bonds is 4. The molecule has 0 unspecified atom stereocenters. The minimum Gasteiger partial charge on any atom is -0.312 e. The van der Waals surface area contributed by atoms with E-state index in [1.165, 1.54) is 11.3 Å². The number of hydrogen-bond acceptors (Lipinski definition) is 4. The van der Waals surface area contributed by atoms with Crippen molar-refractivity contribution in [2.75, 3.05) is 18.4 Å². The molecule has 4 rings (SSSR count). The average Bonchev–Trinajstić information content (AvgIpc) is 3.03. The van der Waals surface area contributed by atoms with Crippen molar-refractivity contribution in [3.63, 3.8) is 0 Å². The molecule has 0 aliphatic carbocycles. The molecule has 134 valence electrons. The molecule has 0 atom stereocenters. The molecule has 1 aromatic heterocycles. The molecule has 4 nitrogen and oxygen atoms in total. The van der Waals surface area contributed by atoms with E-state index in [0.29, 0.717) is 16.1 Å². The SMILES string of the molecule is C=CCN1CCc2c(sc(NC(=O)c3cccc4ccccc34)c2C#N)C1. The van der Waals surface area contributed by atoms with Gasteiger partial charge in [-0.25, -0.2) is 0 Å². The van der Waals surface area contributed by atoms with Gasteiger partial charge in [0.15, 0.2) is 0 Å². The van der Waals surface area contributed by atoms with Crippen molar-refractivity contribution < 1.29 is 4.79 Å². The molecule has 0 bridgehead atoms. The number of carbonyl (C=O) groups is 1. The van der Waals surface area contributed by atoms with Crippen molar-refractivity contribution in [2.24, 2.45) is 0 Å². The highest BCUT2D eigenvalue weighted by molar-refractivity contribution is 7.16. The lowest BCUT2D eigenvalue weighted by Crippen LogP contribution is -2.29. The van der Waals surface area contributed by atoms with Gasteiger partial charge in [-0.15, -0.1) is 17.9 Å². The van der Waals surface area contributed by atoms with Gasteiger partial charge in [0.2, 0.25) is 0 Å². The van der Waals surface area contributed by atoms with Gasteiger partial charge in [0.25, 0.3) is 5.91 Å². The molecule has 0 fully saturated rings. The Morgan fingerprint density at radius 1 is 1.30 bits per heavy atom. The maximum absolute atomic E-state index is 12.9. The van der Waals surface area contributed by atoms with Crippen LogP contribution in [0.15, 0.2) is 55.1 Å². The standard InChI is InChI=1S/C22H19N3OS/c1-2-11-25-12-10-17-19(13-23)22(27-20(17)14-25)24-21(26)18-9-5-7-15-6-3-4-8-16(15)18/h2-9H,1,10-12,14H2,(H,24,26). The largest absolute Gasteiger partial charge is 0.312 e. The Morgan fingerprint density at radius 3 is 2.93 bits per heavy atom. The van der Waals surface area contributed by atoms with Gasteiger partial charge in [-0.05, 0) is 28.8 Å². The van der Waals surface area contributed by atoms with E-state index in [4.69, 9.17) is 0 Å². The zero-order valence-electron chi connectivity index (χ0n) is 14.9. The molecule has 1 N–H and O–H groups in total. The number of carbonyl (C=O) groups excluding carboxylic acids is 1. The van der Waals surface area contributed by atoms with Crippen molar-refractivity contribution in [1.82, 2.24) is 4.90 Å². The molecule has 1 aliphatic rings. The molecular formula is C22H19N3OS. The first-order valence-electron chi connectivity index (χ1n) is 8.88. The van der Waals surface area contributed by atoms with Crippen molar-refractivity contribution in [3.8, 4) is 6.07 Å². The lowest BCUT2D eigenvalue weighted by atomic mass is 10.0. The van der Waals surface area contributed by atoms with Crippen molar-refractivity contribution in [3.05, 3.63) is 76.7 Å². The lowest BCUT2D eigenvalue weighted by Gasteiger charge is -2.25. The molecule has 5 heteroatoms. The minimum atomic E-state index is -0.176. The summed E-state index contributed by atoms with van der Waals surface area (Å²) in [5.74, 6) is -0.176. The van der Waals surface area contributed by atoms with Crippen LogP contribution in [0.5, 0.6) is 0 Å². The fourth-order valence-electron chi connectivity index (χ4n) is 3.60. The quantitative estimate of drug-likeness (QED) is 0.682. The van der Waals surface area contributed by atoms with Crippen LogP contribution in [0.4, 0.5) is 5.00 Å². The highest BCUT2D eigenvalue weighted by atomic mass is 32.1. The fraction of sp³-hybridized carbons (Fsp3) is 0.182. The number of fused-ring (bicyclic) bond motifs is 2. The Morgan fingerprint density at radius 2 is 2.11 bits per heavy atom. The summed E-state index contributed by atoms with van der Waals surface area (Å²) in [6.45, 7) is 6.33.